The van der Waals surface area contributed by atoms with E-state index in [1.54, 1.807) is 0 Å². The van der Waals surface area contributed by atoms with Crippen LogP contribution < -0.4 is 14.8 Å². The highest BCUT2D eigenvalue weighted by Crippen LogP contribution is 2.45. The molecule has 2 bridgehead atoms. The minimum atomic E-state index is -0.445. The Labute approximate surface area is 130 Å². The first-order valence-corrected chi connectivity index (χ1v) is 7.63. The van der Waals surface area contributed by atoms with Crippen molar-refractivity contribution in [2.75, 3.05) is 13.2 Å². The molecule has 1 aromatic carbocycles. The van der Waals surface area contributed by atoms with E-state index in [1.807, 2.05) is 30.0 Å². The van der Waals surface area contributed by atoms with Gasteiger partial charge in [-0.2, -0.15) is 0 Å². The number of benzene rings is 1. The number of fused-ring (bicyclic) bond motifs is 4. The standard InChI is InChI=1S/C16H20N2O2S/c1-4-8-18-15(21)17-13-10-16(18,3)20-14-9-11(19-5-2)6-7-12(13)14/h4,6-7,9,13H,1,5,8,10H2,2-3H3,(H,17,21). The van der Waals surface area contributed by atoms with Gasteiger partial charge in [0.2, 0.25) is 0 Å². The molecule has 2 aliphatic rings. The van der Waals surface area contributed by atoms with Gasteiger partial charge in [-0.25, -0.2) is 0 Å². The topological polar surface area (TPSA) is 33.7 Å². The number of hydrogen-bond acceptors (Lipinski definition) is 3. The number of thiocarbonyl (C=S) groups is 1. The van der Waals surface area contributed by atoms with Crippen molar-refractivity contribution in [2.45, 2.75) is 32.0 Å². The van der Waals surface area contributed by atoms with Gasteiger partial charge in [0.1, 0.15) is 11.5 Å². The quantitative estimate of drug-likeness (QED) is 0.683. The SMILES string of the molecule is C=CCN1C(=S)NC2CC1(C)Oc1cc(OCC)ccc12. The third kappa shape index (κ3) is 2.35. The lowest BCUT2D eigenvalue weighted by Crippen LogP contribution is -2.64. The molecule has 0 spiro atoms. The summed E-state index contributed by atoms with van der Waals surface area (Å²) in [5.41, 5.74) is 0.690. The Bertz CT molecular complexity index is 590. The first-order valence-electron chi connectivity index (χ1n) is 7.22. The molecule has 1 N–H and O–H groups in total. The van der Waals surface area contributed by atoms with Gasteiger partial charge in [0.15, 0.2) is 10.8 Å². The molecule has 5 heteroatoms. The monoisotopic (exact) mass is 304 g/mol. The smallest absolute Gasteiger partial charge is 0.184 e. The molecule has 0 radical (unpaired) electrons. The van der Waals surface area contributed by atoms with Gasteiger partial charge < -0.3 is 19.7 Å². The maximum absolute atomic E-state index is 6.28. The highest BCUT2D eigenvalue weighted by atomic mass is 32.1. The molecule has 2 unspecified atom stereocenters. The normalized spacial score (nSPS) is 26.5. The minimum Gasteiger partial charge on any atom is -0.494 e. The van der Waals surface area contributed by atoms with Crippen molar-refractivity contribution >= 4 is 17.3 Å². The molecule has 3 rings (SSSR count). The highest BCUT2D eigenvalue weighted by Gasteiger charge is 2.47. The van der Waals surface area contributed by atoms with Gasteiger partial charge in [-0.15, -0.1) is 6.58 Å². The molecule has 1 aromatic rings. The van der Waals surface area contributed by atoms with Crippen LogP contribution in [0.25, 0.3) is 0 Å². The molecule has 0 aromatic heterocycles. The van der Waals surface area contributed by atoms with Crippen LogP contribution >= 0.6 is 12.2 Å². The molecular weight excluding hydrogens is 284 g/mol. The zero-order valence-electron chi connectivity index (χ0n) is 12.4. The molecule has 21 heavy (non-hydrogen) atoms. The second kappa shape index (κ2) is 5.22. The molecule has 4 nitrogen and oxygen atoms in total. The van der Waals surface area contributed by atoms with E-state index in [1.165, 1.54) is 0 Å². The lowest BCUT2D eigenvalue weighted by Gasteiger charge is -2.52. The Kier molecular flexibility index (Phi) is 3.53. The molecule has 2 atom stereocenters. The summed E-state index contributed by atoms with van der Waals surface area (Å²) in [4.78, 5) is 2.04. The average molecular weight is 304 g/mol. The summed E-state index contributed by atoms with van der Waals surface area (Å²) in [5.74, 6) is 1.70. The van der Waals surface area contributed by atoms with Crippen LogP contribution in [0.1, 0.15) is 31.9 Å². The highest BCUT2D eigenvalue weighted by molar-refractivity contribution is 7.80. The molecular formula is C16H20N2O2S. The molecule has 2 aliphatic heterocycles. The lowest BCUT2D eigenvalue weighted by atomic mass is 9.90. The van der Waals surface area contributed by atoms with Crippen molar-refractivity contribution < 1.29 is 9.47 Å². The molecule has 2 heterocycles. The fourth-order valence-electron chi connectivity index (χ4n) is 3.06. The van der Waals surface area contributed by atoms with E-state index >= 15 is 0 Å². The van der Waals surface area contributed by atoms with Crippen molar-refractivity contribution in [3.8, 4) is 11.5 Å². The summed E-state index contributed by atoms with van der Waals surface area (Å²) in [7, 11) is 0. The van der Waals surface area contributed by atoms with Crippen LogP contribution in [-0.4, -0.2) is 28.9 Å². The molecule has 0 aliphatic carbocycles. The number of hydrogen-bond donors (Lipinski definition) is 1. The Morgan fingerprint density at radius 1 is 1.62 bits per heavy atom. The summed E-state index contributed by atoms with van der Waals surface area (Å²) in [6, 6.07) is 6.19. The lowest BCUT2D eigenvalue weighted by molar-refractivity contribution is -0.0632. The largest absolute Gasteiger partial charge is 0.494 e. The average Bonchev–Trinajstić information content (AvgIpc) is 2.43. The fourth-order valence-corrected chi connectivity index (χ4v) is 3.47. The van der Waals surface area contributed by atoms with Crippen LogP contribution in [0.15, 0.2) is 30.9 Å². The number of nitrogens with zero attached hydrogens (tertiary/aromatic N) is 1. The second-order valence-electron chi connectivity index (χ2n) is 5.52. The third-order valence-electron chi connectivity index (χ3n) is 4.01. The number of rotatable bonds is 4. The molecule has 0 saturated carbocycles. The maximum atomic E-state index is 6.28. The van der Waals surface area contributed by atoms with Gasteiger partial charge in [0.05, 0.1) is 12.6 Å². The third-order valence-corrected chi connectivity index (χ3v) is 4.35. The van der Waals surface area contributed by atoms with Gasteiger partial charge >= 0.3 is 0 Å². The van der Waals surface area contributed by atoms with E-state index in [0.29, 0.717) is 18.3 Å². The summed E-state index contributed by atoms with van der Waals surface area (Å²) in [6.45, 7) is 9.16. The van der Waals surface area contributed by atoms with Gasteiger partial charge in [-0.05, 0) is 38.2 Å². The van der Waals surface area contributed by atoms with Crippen LogP contribution in [0.3, 0.4) is 0 Å². The predicted octanol–water partition coefficient (Wildman–Crippen LogP) is 3.00. The van der Waals surface area contributed by atoms with Crippen molar-refractivity contribution in [2.24, 2.45) is 0 Å². The summed E-state index contributed by atoms with van der Waals surface area (Å²) >= 11 is 5.48. The molecule has 1 fully saturated rings. The summed E-state index contributed by atoms with van der Waals surface area (Å²) in [5, 5.41) is 4.12. The zero-order valence-corrected chi connectivity index (χ0v) is 13.2. The fraction of sp³-hybridized carbons (Fsp3) is 0.438. The van der Waals surface area contributed by atoms with E-state index in [4.69, 9.17) is 21.7 Å². The van der Waals surface area contributed by atoms with E-state index < -0.39 is 5.72 Å². The van der Waals surface area contributed by atoms with Gasteiger partial charge in [0, 0.05) is 24.6 Å². The van der Waals surface area contributed by atoms with Crippen molar-refractivity contribution in [1.29, 1.82) is 0 Å². The Morgan fingerprint density at radius 3 is 3.14 bits per heavy atom. The van der Waals surface area contributed by atoms with Crippen molar-refractivity contribution in [3.05, 3.63) is 36.4 Å². The van der Waals surface area contributed by atoms with Crippen LogP contribution in [0.2, 0.25) is 0 Å². The van der Waals surface area contributed by atoms with Crippen LogP contribution in [-0.2, 0) is 0 Å². The number of nitrogens with one attached hydrogen (secondary N) is 1. The van der Waals surface area contributed by atoms with E-state index in [9.17, 15) is 0 Å². The molecule has 112 valence electrons. The first-order chi connectivity index (χ1) is 10.1. The Hall–Kier alpha value is -1.75. The van der Waals surface area contributed by atoms with Crippen LogP contribution in [0.4, 0.5) is 0 Å². The predicted molar refractivity (Wildman–Crippen MR) is 86.6 cm³/mol. The second-order valence-corrected chi connectivity index (χ2v) is 5.90. The van der Waals surface area contributed by atoms with E-state index in [0.717, 1.165) is 23.5 Å². The maximum Gasteiger partial charge on any atom is 0.184 e. The van der Waals surface area contributed by atoms with E-state index in [2.05, 4.69) is 24.9 Å². The summed E-state index contributed by atoms with van der Waals surface area (Å²) in [6.07, 6.45) is 2.69. The van der Waals surface area contributed by atoms with E-state index in [-0.39, 0.29) is 6.04 Å². The van der Waals surface area contributed by atoms with Gasteiger partial charge in [0.25, 0.3) is 0 Å². The molecule has 1 saturated heterocycles. The zero-order chi connectivity index (χ0) is 15.0. The molecule has 0 amide bonds. The summed E-state index contributed by atoms with van der Waals surface area (Å²) < 4.78 is 11.8. The van der Waals surface area contributed by atoms with Gasteiger partial charge in [-0.3, -0.25) is 0 Å². The Balaban J connectivity index is 1.99. The first kappa shape index (κ1) is 14.2. The minimum absolute atomic E-state index is 0.183. The van der Waals surface area contributed by atoms with Crippen molar-refractivity contribution in [3.63, 3.8) is 0 Å². The van der Waals surface area contributed by atoms with Crippen molar-refractivity contribution in [1.82, 2.24) is 10.2 Å². The Morgan fingerprint density at radius 2 is 2.43 bits per heavy atom. The van der Waals surface area contributed by atoms with Crippen LogP contribution in [0, 0.1) is 0 Å². The number of ether oxygens (including phenoxy) is 2. The van der Waals surface area contributed by atoms with Crippen LogP contribution in [0.5, 0.6) is 11.5 Å². The van der Waals surface area contributed by atoms with Gasteiger partial charge in [-0.1, -0.05) is 6.08 Å².